The summed E-state index contributed by atoms with van der Waals surface area (Å²) in [4.78, 5) is 10.4. The van der Waals surface area contributed by atoms with Crippen molar-refractivity contribution in [3.05, 3.63) is 17.5 Å². The zero-order valence-corrected chi connectivity index (χ0v) is 7.03. The Balaban J connectivity index is 2.68. The van der Waals surface area contributed by atoms with Crippen LogP contribution in [0, 0.1) is 0 Å². The van der Waals surface area contributed by atoms with Gasteiger partial charge in [0.25, 0.3) is 0 Å². The monoisotopic (exact) mass is 168 g/mol. The van der Waals surface area contributed by atoms with E-state index in [0.717, 1.165) is 18.4 Å². The van der Waals surface area contributed by atoms with Gasteiger partial charge in [-0.1, -0.05) is 0 Å². The number of aryl methyl sites for hydroxylation is 2. The average molecular weight is 168 g/mol. The molecule has 0 unspecified atom stereocenters. The van der Waals surface area contributed by atoms with Gasteiger partial charge in [-0.15, -0.1) is 0 Å². The standard InChI is InChI=1S/C8H12N2O2/c1-10-8(6-12)5-7(9-10)3-2-4-11/h5-6,11H,2-4H2,1H3. The predicted octanol–water partition coefficient (Wildman–Crippen LogP) is 0.158. The fraction of sp³-hybridized carbons (Fsp3) is 0.500. The largest absolute Gasteiger partial charge is 0.396 e. The molecule has 0 aliphatic carbocycles. The summed E-state index contributed by atoms with van der Waals surface area (Å²) < 4.78 is 1.54. The van der Waals surface area contributed by atoms with Gasteiger partial charge in [-0.25, -0.2) is 0 Å². The van der Waals surface area contributed by atoms with Crippen molar-refractivity contribution < 1.29 is 9.90 Å². The lowest BCUT2D eigenvalue weighted by atomic mass is 10.2. The molecule has 12 heavy (non-hydrogen) atoms. The Labute approximate surface area is 70.8 Å². The van der Waals surface area contributed by atoms with Gasteiger partial charge < -0.3 is 5.11 Å². The first-order chi connectivity index (χ1) is 5.77. The summed E-state index contributed by atoms with van der Waals surface area (Å²) in [5.41, 5.74) is 1.43. The van der Waals surface area contributed by atoms with Crippen LogP contribution in [-0.2, 0) is 13.5 Å². The van der Waals surface area contributed by atoms with E-state index < -0.39 is 0 Å². The van der Waals surface area contributed by atoms with Gasteiger partial charge in [-0.05, 0) is 18.9 Å². The number of aromatic nitrogens is 2. The van der Waals surface area contributed by atoms with Gasteiger partial charge in [0.2, 0.25) is 0 Å². The number of aliphatic hydroxyl groups excluding tert-OH is 1. The molecule has 0 amide bonds. The van der Waals surface area contributed by atoms with Gasteiger partial charge in [-0.2, -0.15) is 5.10 Å². The van der Waals surface area contributed by atoms with Crippen molar-refractivity contribution in [3.63, 3.8) is 0 Å². The maximum Gasteiger partial charge on any atom is 0.168 e. The van der Waals surface area contributed by atoms with E-state index in [1.807, 2.05) is 0 Å². The third-order valence-electron chi connectivity index (χ3n) is 1.68. The van der Waals surface area contributed by atoms with Crippen LogP contribution in [0.1, 0.15) is 22.6 Å². The molecule has 1 N–H and O–H groups in total. The van der Waals surface area contributed by atoms with E-state index >= 15 is 0 Å². The molecule has 4 heteroatoms. The van der Waals surface area contributed by atoms with Gasteiger partial charge in [-0.3, -0.25) is 9.48 Å². The molecule has 0 fully saturated rings. The van der Waals surface area contributed by atoms with E-state index in [1.165, 1.54) is 0 Å². The Morgan fingerprint density at radius 3 is 3.00 bits per heavy atom. The molecule has 0 aliphatic rings. The summed E-state index contributed by atoms with van der Waals surface area (Å²) in [6.45, 7) is 0.160. The molecule has 1 rings (SSSR count). The molecule has 0 spiro atoms. The first-order valence-corrected chi connectivity index (χ1v) is 3.87. The number of hydrogen-bond acceptors (Lipinski definition) is 3. The number of rotatable bonds is 4. The lowest BCUT2D eigenvalue weighted by Gasteiger charge is -1.91. The molecule has 0 saturated heterocycles. The Morgan fingerprint density at radius 1 is 1.75 bits per heavy atom. The molecular formula is C8H12N2O2. The van der Waals surface area contributed by atoms with Crippen LogP contribution < -0.4 is 0 Å². The number of hydrogen-bond donors (Lipinski definition) is 1. The summed E-state index contributed by atoms with van der Waals surface area (Å²) in [6.07, 6.45) is 2.18. The van der Waals surface area contributed by atoms with Gasteiger partial charge in [0.1, 0.15) is 5.69 Å². The van der Waals surface area contributed by atoms with E-state index in [-0.39, 0.29) is 6.61 Å². The molecule has 0 aliphatic heterocycles. The summed E-state index contributed by atoms with van der Waals surface area (Å²) in [7, 11) is 1.73. The molecule has 0 aromatic carbocycles. The molecule has 0 radical (unpaired) electrons. The number of nitrogens with zero attached hydrogens (tertiary/aromatic N) is 2. The lowest BCUT2D eigenvalue weighted by Crippen LogP contribution is -1.96. The Bertz CT molecular complexity index is 268. The smallest absolute Gasteiger partial charge is 0.168 e. The summed E-state index contributed by atoms with van der Waals surface area (Å²) in [6, 6.07) is 1.74. The maximum atomic E-state index is 10.4. The van der Waals surface area contributed by atoms with Crippen molar-refractivity contribution >= 4 is 6.29 Å². The fourth-order valence-electron chi connectivity index (χ4n) is 1.04. The van der Waals surface area contributed by atoms with Crippen molar-refractivity contribution in [3.8, 4) is 0 Å². The van der Waals surface area contributed by atoms with Crippen LogP contribution in [0.5, 0.6) is 0 Å². The highest BCUT2D eigenvalue weighted by molar-refractivity contribution is 5.72. The minimum Gasteiger partial charge on any atom is -0.396 e. The quantitative estimate of drug-likeness (QED) is 0.651. The number of carbonyl (C=O) groups is 1. The normalized spacial score (nSPS) is 10.2. The minimum atomic E-state index is 0.160. The molecule has 1 heterocycles. The average Bonchev–Trinajstić information content (AvgIpc) is 2.43. The van der Waals surface area contributed by atoms with Gasteiger partial charge >= 0.3 is 0 Å². The SMILES string of the molecule is Cn1nc(CCCO)cc1C=O. The van der Waals surface area contributed by atoms with Crippen molar-refractivity contribution in [2.75, 3.05) is 6.61 Å². The fourth-order valence-corrected chi connectivity index (χ4v) is 1.04. The van der Waals surface area contributed by atoms with Crippen molar-refractivity contribution in [2.24, 2.45) is 7.05 Å². The van der Waals surface area contributed by atoms with Crippen molar-refractivity contribution in [1.29, 1.82) is 0 Å². The second-order valence-corrected chi connectivity index (χ2v) is 2.63. The molecule has 0 bridgehead atoms. The van der Waals surface area contributed by atoms with Gasteiger partial charge in [0.05, 0.1) is 5.69 Å². The van der Waals surface area contributed by atoms with Crippen LogP contribution in [0.2, 0.25) is 0 Å². The molecule has 1 aromatic rings. The first kappa shape index (κ1) is 8.93. The van der Waals surface area contributed by atoms with E-state index in [2.05, 4.69) is 5.10 Å². The van der Waals surface area contributed by atoms with E-state index in [1.54, 1.807) is 17.8 Å². The molecule has 4 nitrogen and oxygen atoms in total. The Hall–Kier alpha value is -1.16. The Kier molecular flexibility index (Phi) is 2.99. The highest BCUT2D eigenvalue weighted by atomic mass is 16.2. The highest BCUT2D eigenvalue weighted by Gasteiger charge is 2.02. The minimum absolute atomic E-state index is 0.160. The van der Waals surface area contributed by atoms with Crippen LogP contribution in [-0.4, -0.2) is 27.8 Å². The number of aliphatic hydroxyl groups is 1. The zero-order valence-electron chi connectivity index (χ0n) is 7.03. The first-order valence-electron chi connectivity index (χ1n) is 3.87. The van der Waals surface area contributed by atoms with Crippen LogP contribution in [0.15, 0.2) is 6.07 Å². The predicted molar refractivity (Wildman–Crippen MR) is 44.0 cm³/mol. The summed E-state index contributed by atoms with van der Waals surface area (Å²) in [5, 5.41) is 12.7. The molecule has 66 valence electrons. The van der Waals surface area contributed by atoms with Crippen LogP contribution >= 0.6 is 0 Å². The van der Waals surface area contributed by atoms with Crippen molar-refractivity contribution in [1.82, 2.24) is 9.78 Å². The molecule has 0 saturated carbocycles. The molecule has 1 aromatic heterocycles. The third kappa shape index (κ3) is 1.92. The lowest BCUT2D eigenvalue weighted by molar-refractivity contribution is 0.111. The maximum absolute atomic E-state index is 10.4. The number of aldehydes is 1. The van der Waals surface area contributed by atoms with Gasteiger partial charge in [0.15, 0.2) is 6.29 Å². The van der Waals surface area contributed by atoms with E-state index in [4.69, 9.17) is 5.11 Å². The van der Waals surface area contributed by atoms with Gasteiger partial charge in [0, 0.05) is 13.7 Å². The number of carbonyl (C=O) groups excluding carboxylic acids is 1. The Morgan fingerprint density at radius 2 is 2.50 bits per heavy atom. The second kappa shape index (κ2) is 4.01. The van der Waals surface area contributed by atoms with Crippen LogP contribution in [0.4, 0.5) is 0 Å². The van der Waals surface area contributed by atoms with Crippen LogP contribution in [0.3, 0.4) is 0 Å². The molecular weight excluding hydrogens is 156 g/mol. The van der Waals surface area contributed by atoms with E-state index in [9.17, 15) is 4.79 Å². The zero-order chi connectivity index (χ0) is 8.97. The van der Waals surface area contributed by atoms with E-state index in [0.29, 0.717) is 12.1 Å². The van der Waals surface area contributed by atoms with Crippen molar-refractivity contribution in [2.45, 2.75) is 12.8 Å². The molecule has 0 atom stereocenters. The third-order valence-corrected chi connectivity index (χ3v) is 1.68. The summed E-state index contributed by atoms with van der Waals surface area (Å²) in [5.74, 6) is 0. The highest BCUT2D eigenvalue weighted by Crippen LogP contribution is 2.02. The van der Waals surface area contributed by atoms with Crippen LogP contribution in [0.25, 0.3) is 0 Å². The topological polar surface area (TPSA) is 55.1 Å². The summed E-state index contributed by atoms with van der Waals surface area (Å²) >= 11 is 0. The second-order valence-electron chi connectivity index (χ2n) is 2.63.